The average Bonchev–Trinajstić information content (AvgIpc) is 2.42. The molecule has 0 aromatic heterocycles. The molecule has 3 nitrogen and oxygen atoms in total. The summed E-state index contributed by atoms with van der Waals surface area (Å²) in [6.45, 7) is 6.16. The molecule has 1 aliphatic rings. The van der Waals surface area contributed by atoms with E-state index in [2.05, 4.69) is 46.8 Å². The van der Waals surface area contributed by atoms with E-state index in [1.807, 2.05) is 0 Å². The summed E-state index contributed by atoms with van der Waals surface area (Å²) >= 11 is 3.56. The van der Waals surface area contributed by atoms with Crippen LogP contribution in [0.2, 0.25) is 0 Å². The Morgan fingerprint density at radius 3 is 2.55 bits per heavy atom. The molecule has 0 amide bonds. The summed E-state index contributed by atoms with van der Waals surface area (Å²) in [6.07, 6.45) is 3.93. The summed E-state index contributed by atoms with van der Waals surface area (Å²) in [6, 6.07) is 4.76. The maximum absolute atomic E-state index is 9.64. The summed E-state index contributed by atoms with van der Waals surface area (Å²) in [4.78, 5) is 2.49. The Balaban J connectivity index is 2.10. The Kier molecular flexibility index (Phi) is 5.47. The molecule has 4 heteroatoms. The standard InChI is InChI=1S/C16H25BrN2O/c1-3-19(14-4-6-15(20)7-5-14)10-12-9-13(17)8-11(2)16(12)18/h8-9,14-15,20H,3-7,10,18H2,1-2H3. The molecule has 0 saturated heterocycles. The van der Waals surface area contributed by atoms with E-state index in [1.54, 1.807) is 0 Å². The van der Waals surface area contributed by atoms with E-state index in [9.17, 15) is 5.11 Å². The minimum absolute atomic E-state index is 0.0943. The SMILES string of the molecule is CCN(Cc1cc(Br)cc(C)c1N)C1CCC(O)CC1. The molecule has 1 aromatic rings. The molecule has 1 saturated carbocycles. The normalized spacial score (nSPS) is 23.2. The van der Waals surface area contributed by atoms with Gasteiger partial charge in [-0.2, -0.15) is 0 Å². The summed E-state index contributed by atoms with van der Waals surface area (Å²) in [7, 11) is 0. The number of anilines is 1. The number of hydrogen-bond donors (Lipinski definition) is 2. The van der Waals surface area contributed by atoms with Crippen molar-refractivity contribution in [3.63, 3.8) is 0 Å². The van der Waals surface area contributed by atoms with Crippen molar-refractivity contribution in [3.05, 3.63) is 27.7 Å². The second-order valence-electron chi connectivity index (χ2n) is 5.82. The monoisotopic (exact) mass is 340 g/mol. The van der Waals surface area contributed by atoms with Gasteiger partial charge < -0.3 is 10.8 Å². The van der Waals surface area contributed by atoms with Crippen molar-refractivity contribution >= 4 is 21.6 Å². The fourth-order valence-corrected chi connectivity index (χ4v) is 3.72. The molecule has 1 aliphatic carbocycles. The van der Waals surface area contributed by atoms with Gasteiger partial charge in [-0.3, -0.25) is 4.90 Å². The van der Waals surface area contributed by atoms with Gasteiger partial charge in [0, 0.05) is 22.7 Å². The molecule has 20 heavy (non-hydrogen) atoms. The van der Waals surface area contributed by atoms with E-state index in [4.69, 9.17) is 5.73 Å². The Bertz CT molecular complexity index is 456. The van der Waals surface area contributed by atoms with Gasteiger partial charge in [-0.25, -0.2) is 0 Å². The minimum Gasteiger partial charge on any atom is -0.398 e. The predicted molar refractivity (Wildman–Crippen MR) is 87.6 cm³/mol. The van der Waals surface area contributed by atoms with Crippen molar-refractivity contribution in [2.24, 2.45) is 0 Å². The van der Waals surface area contributed by atoms with E-state index >= 15 is 0 Å². The summed E-state index contributed by atoms with van der Waals surface area (Å²) < 4.78 is 1.09. The number of hydrogen-bond acceptors (Lipinski definition) is 3. The van der Waals surface area contributed by atoms with Crippen molar-refractivity contribution in [2.45, 2.75) is 58.2 Å². The van der Waals surface area contributed by atoms with E-state index in [-0.39, 0.29) is 6.10 Å². The first kappa shape index (κ1) is 15.8. The summed E-state index contributed by atoms with van der Waals surface area (Å²) in [5, 5.41) is 9.64. The second kappa shape index (κ2) is 6.92. The highest BCUT2D eigenvalue weighted by atomic mass is 79.9. The summed E-state index contributed by atoms with van der Waals surface area (Å²) in [5.74, 6) is 0. The molecule has 1 aromatic carbocycles. The molecule has 0 spiro atoms. The third-order valence-electron chi connectivity index (χ3n) is 4.40. The number of nitrogen functional groups attached to an aromatic ring is 1. The predicted octanol–water partition coefficient (Wildman–Crippen LogP) is 3.47. The Hall–Kier alpha value is -0.580. The van der Waals surface area contributed by atoms with Crippen LogP contribution in [0.3, 0.4) is 0 Å². The van der Waals surface area contributed by atoms with Crippen LogP contribution in [-0.4, -0.2) is 28.7 Å². The number of nitrogens with two attached hydrogens (primary N) is 1. The third-order valence-corrected chi connectivity index (χ3v) is 4.86. The first-order valence-corrected chi connectivity index (χ1v) is 8.27. The molecule has 3 N–H and O–H groups in total. The van der Waals surface area contributed by atoms with Crippen LogP contribution in [0.5, 0.6) is 0 Å². The molecule has 0 aliphatic heterocycles. The highest BCUT2D eigenvalue weighted by molar-refractivity contribution is 9.10. The maximum Gasteiger partial charge on any atom is 0.0541 e. The third kappa shape index (κ3) is 3.74. The lowest BCUT2D eigenvalue weighted by Gasteiger charge is -2.35. The van der Waals surface area contributed by atoms with E-state index < -0.39 is 0 Å². The number of aliphatic hydroxyl groups excluding tert-OH is 1. The molecule has 2 rings (SSSR count). The highest BCUT2D eigenvalue weighted by Gasteiger charge is 2.24. The zero-order chi connectivity index (χ0) is 14.7. The lowest BCUT2D eigenvalue weighted by atomic mass is 9.91. The van der Waals surface area contributed by atoms with Gasteiger partial charge in [-0.1, -0.05) is 22.9 Å². The number of aliphatic hydroxyl groups is 1. The number of nitrogens with zero attached hydrogens (tertiary/aromatic N) is 1. The molecule has 0 radical (unpaired) electrons. The maximum atomic E-state index is 9.64. The zero-order valence-electron chi connectivity index (χ0n) is 12.4. The highest BCUT2D eigenvalue weighted by Crippen LogP contribution is 2.28. The smallest absolute Gasteiger partial charge is 0.0541 e. The lowest BCUT2D eigenvalue weighted by molar-refractivity contribution is 0.0728. The van der Waals surface area contributed by atoms with Crippen LogP contribution in [0.25, 0.3) is 0 Å². The average molecular weight is 341 g/mol. The summed E-state index contributed by atoms with van der Waals surface area (Å²) in [5.41, 5.74) is 9.45. The number of benzene rings is 1. The number of halogens is 1. The van der Waals surface area contributed by atoms with Gasteiger partial charge >= 0.3 is 0 Å². The van der Waals surface area contributed by atoms with E-state index in [0.717, 1.165) is 54.5 Å². The number of rotatable bonds is 4. The largest absolute Gasteiger partial charge is 0.398 e. The zero-order valence-corrected chi connectivity index (χ0v) is 14.0. The van der Waals surface area contributed by atoms with Gasteiger partial charge in [0.1, 0.15) is 0 Å². The molecule has 1 fully saturated rings. The van der Waals surface area contributed by atoms with Crippen molar-refractivity contribution in [2.75, 3.05) is 12.3 Å². The minimum atomic E-state index is -0.0943. The van der Waals surface area contributed by atoms with Gasteiger partial charge in [-0.05, 0) is 62.4 Å². The molecular weight excluding hydrogens is 316 g/mol. The van der Waals surface area contributed by atoms with Crippen LogP contribution in [0, 0.1) is 6.92 Å². The van der Waals surface area contributed by atoms with Crippen molar-refractivity contribution in [1.82, 2.24) is 4.90 Å². The van der Waals surface area contributed by atoms with Crippen molar-refractivity contribution in [3.8, 4) is 0 Å². The molecule has 112 valence electrons. The Morgan fingerprint density at radius 1 is 1.30 bits per heavy atom. The van der Waals surface area contributed by atoms with Gasteiger partial charge in [0.05, 0.1) is 6.10 Å². The number of aryl methyl sites for hydroxylation is 1. The van der Waals surface area contributed by atoms with E-state index in [0.29, 0.717) is 6.04 Å². The van der Waals surface area contributed by atoms with Gasteiger partial charge in [-0.15, -0.1) is 0 Å². The molecule has 0 unspecified atom stereocenters. The fourth-order valence-electron chi connectivity index (χ4n) is 3.10. The molecule has 0 heterocycles. The van der Waals surface area contributed by atoms with Gasteiger partial charge in [0.25, 0.3) is 0 Å². The van der Waals surface area contributed by atoms with Crippen LogP contribution in [-0.2, 0) is 6.54 Å². The Labute approximate surface area is 130 Å². The topological polar surface area (TPSA) is 49.5 Å². The molecule has 0 bridgehead atoms. The van der Waals surface area contributed by atoms with Gasteiger partial charge in [0.2, 0.25) is 0 Å². The van der Waals surface area contributed by atoms with E-state index in [1.165, 1.54) is 5.56 Å². The molecular formula is C16H25BrN2O. The van der Waals surface area contributed by atoms with Crippen LogP contribution in [0.15, 0.2) is 16.6 Å². The van der Waals surface area contributed by atoms with Crippen LogP contribution in [0.4, 0.5) is 5.69 Å². The first-order chi connectivity index (χ1) is 9.51. The van der Waals surface area contributed by atoms with Crippen LogP contribution in [0.1, 0.15) is 43.7 Å². The van der Waals surface area contributed by atoms with Crippen molar-refractivity contribution in [1.29, 1.82) is 0 Å². The van der Waals surface area contributed by atoms with Crippen LogP contribution >= 0.6 is 15.9 Å². The van der Waals surface area contributed by atoms with Crippen LogP contribution < -0.4 is 5.73 Å². The fraction of sp³-hybridized carbons (Fsp3) is 0.625. The van der Waals surface area contributed by atoms with Crippen molar-refractivity contribution < 1.29 is 5.11 Å². The Morgan fingerprint density at radius 2 is 1.95 bits per heavy atom. The molecule has 0 atom stereocenters. The lowest BCUT2D eigenvalue weighted by Crippen LogP contribution is -2.38. The first-order valence-electron chi connectivity index (χ1n) is 7.47. The second-order valence-corrected chi connectivity index (χ2v) is 6.74. The quantitative estimate of drug-likeness (QED) is 0.825. The van der Waals surface area contributed by atoms with Gasteiger partial charge in [0.15, 0.2) is 0 Å².